The Kier molecular flexibility index (Phi) is 7.19. The summed E-state index contributed by atoms with van der Waals surface area (Å²) in [6.45, 7) is 2.70. The number of alkyl halides is 3. The minimum absolute atomic E-state index is 0.128. The predicted molar refractivity (Wildman–Crippen MR) is 127 cm³/mol. The van der Waals surface area contributed by atoms with E-state index in [9.17, 15) is 26.0 Å². The summed E-state index contributed by atoms with van der Waals surface area (Å²) < 4.78 is 82.6. The molecule has 1 fully saturated rings. The topological polar surface area (TPSA) is 40.6 Å². The molecule has 0 aromatic heterocycles. The zero-order chi connectivity index (χ0) is 25.2. The van der Waals surface area contributed by atoms with E-state index in [1.807, 2.05) is 4.90 Å². The molecule has 0 atom stereocenters. The molecule has 4 rings (SSSR count). The number of anilines is 1. The van der Waals surface area contributed by atoms with E-state index in [-0.39, 0.29) is 17.0 Å². The number of hydrogen-bond donors (Lipinski definition) is 0. The minimum atomic E-state index is -4.43. The van der Waals surface area contributed by atoms with Crippen molar-refractivity contribution in [1.82, 2.24) is 4.90 Å². The summed E-state index contributed by atoms with van der Waals surface area (Å²) in [6, 6.07) is 17.1. The van der Waals surface area contributed by atoms with Gasteiger partial charge in [0.2, 0.25) is 0 Å². The van der Waals surface area contributed by atoms with Crippen molar-refractivity contribution in [2.75, 3.05) is 17.4 Å². The Bertz CT molecular complexity index is 1270. The summed E-state index contributed by atoms with van der Waals surface area (Å²) in [6.07, 6.45) is -3.58. The van der Waals surface area contributed by atoms with Crippen molar-refractivity contribution < 1.29 is 26.0 Å². The van der Waals surface area contributed by atoms with Gasteiger partial charge in [0.1, 0.15) is 5.82 Å². The maximum atomic E-state index is 13.8. The molecule has 0 spiro atoms. The lowest BCUT2D eigenvalue weighted by Crippen LogP contribution is -2.47. The number of rotatable bonds is 6. The van der Waals surface area contributed by atoms with E-state index in [4.69, 9.17) is 0 Å². The highest BCUT2D eigenvalue weighted by Crippen LogP contribution is 2.34. The highest BCUT2D eigenvalue weighted by molar-refractivity contribution is 7.93. The molecular weight excluding hydrogens is 480 g/mol. The van der Waals surface area contributed by atoms with Gasteiger partial charge in [-0.1, -0.05) is 36.4 Å². The van der Waals surface area contributed by atoms with Crippen LogP contribution in [0.5, 0.6) is 0 Å². The summed E-state index contributed by atoms with van der Waals surface area (Å²) in [4.78, 5) is 2.08. The number of halogens is 4. The molecule has 1 aliphatic heterocycles. The molecule has 1 aliphatic rings. The van der Waals surface area contributed by atoms with E-state index in [1.54, 1.807) is 37.3 Å². The van der Waals surface area contributed by atoms with Crippen LogP contribution >= 0.6 is 0 Å². The van der Waals surface area contributed by atoms with Crippen LogP contribution in [0.3, 0.4) is 0 Å². The number of nitrogens with zero attached hydrogens (tertiary/aromatic N) is 2. The molecule has 0 aliphatic carbocycles. The van der Waals surface area contributed by atoms with Gasteiger partial charge in [0.15, 0.2) is 0 Å². The van der Waals surface area contributed by atoms with Crippen LogP contribution in [0.15, 0.2) is 77.7 Å². The third-order valence-electron chi connectivity index (χ3n) is 6.32. The molecule has 0 unspecified atom stereocenters. The molecule has 9 heteroatoms. The molecule has 3 aromatic carbocycles. The predicted octanol–water partition coefficient (Wildman–Crippen LogP) is 6.01. The molecule has 0 amide bonds. The summed E-state index contributed by atoms with van der Waals surface area (Å²) in [5.41, 5.74) is 0.495. The number of likely N-dealkylation sites (tertiary alicyclic amines) is 1. The van der Waals surface area contributed by atoms with Crippen molar-refractivity contribution >= 4 is 15.7 Å². The zero-order valence-electron chi connectivity index (χ0n) is 19.2. The van der Waals surface area contributed by atoms with Crippen molar-refractivity contribution in [2.24, 2.45) is 0 Å². The van der Waals surface area contributed by atoms with Gasteiger partial charge >= 0.3 is 6.18 Å². The Labute approximate surface area is 202 Å². The summed E-state index contributed by atoms with van der Waals surface area (Å²) in [5, 5.41) is 0. The lowest BCUT2D eigenvalue weighted by Gasteiger charge is -2.39. The van der Waals surface area contributed by atoms with Gasteiger partial charge in [-0.25, -0.2) is 12.8 Å². The minimum Gasteiger partial charge on any atom is -0.299 e. The smallest absolute Gasteiger partial charge is 0.299 e. The van der Waals surface area contributed by atoms with E-state index < -0.39 is 33.6 Å². The Hall–Kier alpha value is -2.91. The van der Waals surface area contributed by atoms with Crippen molar-refractivity contribution in [3.63, 3.8) is 0 Å². The second-order valence-electron chi connectivity index (χ2n) is 8.71. The van der Waals surface area contributed by atoms with E-state index in [0.717, 1.165) is 6.07 Å². The average Bonchev–Trinajstić information content (AvgIpc) is 2.81. The standard InChI is InChI=1S/C26H26F4N2O2S/c1-19-6-2-5-9-25(19)35(33,34)32(22-12-10-21(27)11-13-22)23-14-16-31(17-15-23)18-20-7-3-4-8-24(20)26(28,29)30/h2-13,23H,14-18H2,1H3. The van der Waals surface area contributed by atoms with E-state index in [1.165, 1.54) is 40.7 Å². The first kappa shape index (κ1) is 25.2. The van der Waals surface area contributed by atoms with Crippen LogP contribution in [0.1, 0.15) is 29.5 Å². The van der Waals surface area contributed by atoms with Crippen molar-refractivity contribution in [3.8, 4) is 0 Å². The quantitative estimate of drug-likeness (QED) is 0.385. The monoisotopic (exact) mass is 506 g/mol. The molecule has 0 radical (unpaired) electrons. The van der Waals surface area contributed by atoms with Crippen LogP contribution in [0.25, 0.3) is 0 Å². The zero-order valence-corrected chi connectivity index (χ0v) is 20.0. The SMILES string of the molecule is Cc1ccccc1S(=O)(=O)N(c1ccc(F)cc1)C1CCN(Cc2ccccc2C(F)(F)F)CC1. The highest BCUT2D eigenvalue weighted by atomic mass is 32.2. The van der Waals surface area contributed by atoms with Crippen LogP contribution in [0.4, 0.5) is 23.2 Å². The molecule has 0 saturated carbocycles. The number of sulfonamides is 1. The van der Waals surface area contributed by atoms with Gasteiger partial charge in [-0.3, -0.25) is 9.21 Å². The number of piperidine rings is 1. The highest BCUT2D eigenvalue weighted by Gasteiger charge is 2.36. The lowest BCUT2D eigenvalue weighted by atomic mass is 10.0. The third kappa shape index (κ3) is 5.51. The molecule has 1 heterocycles. The summed E-state index contributed by atoms with van der Waals surface area (Å²) in [5.74, 6) is -0.472. The second-order valence-corrected chi connectivity index (χ2v) is 10.5. The first-order valence-corrected chi connectivity index (χ1v) is 12.7. The largest absolute Gasteiger partial charge is 0.416 e. The third-order valence-corrected chi connectivity index (χ3v) is 8.36. The Morgan fingerprint density at radius 2 is 1.51 bits per heavy atom. The molecular formula is C26H26F4N2O2S. The Morgan fingerprint density at radius 3 is 2.14 bits per heavy atom. The fraction of sp³-hybridized carbons (Fsp3) is 0.308. The van der Waals surface area contributed by atoms with E-state index in [0.29, 0.717) is 37.2 Å². The maximum Gasteiger partial charge on any atom is 0.416 e. The van der Waals surface area contributed by atoms with Crippen molar-refractivity contribution in [2.45, 2.75) is 43.4 Å². The second kappa shape index (κ2) is 9.99. The normalized spacial score (nSPS) is 15.8. The van der Waals surface area contributed by atoms with Crippen molar-refractivity contribution in [3.05, 3.63) is 95.3 Å². The Balaban J connectivity index is 1.58. The van der Waals surface area contributed by atoms with Crippen LogP contribution in [-0.4, -0.2) is 32.4 Å². The van der Waals surface area contributed by atoms with Crippen LogP contribution in [-0.2, 0) is 22.7 Å². The van der Waals surface area contributed by atoms with Gasteiger partial charge in [-0.15, -0.1) is 0 Å². The summed E-state index contributed by atoms with van der Waals surface area (Å²) >= 11 is 0. The van der Waals surface area contributed by atoms with Crippen LogP contribution in [0.2, 0.25) is 0 Å². The number of aryl methyl sites for hydroxylation is 1. The average molecular weight is 507 g/mol. The van der Waals surface area contributed by atoms with Gasteiger partial charge in [-0.05, 0) is 67.3 Å². The number of hydrogen-bond acceptors (Lipinski definition) is 3. The van der Waals surface area contributed by atoms with Crippen LogP contribution < -0.4 is 4.31 Å². The molecule has 0 N–H and O–H groups in total. The van der Waals surface area contributed by atoms with Gasteiger partial charge in [0.05, 0.1) is 16.1 Å². The molecule has 186 valence electrons. The lowest BCUT2D eigenvalue weighted by molar-refractivity contribution is -0.138. The molecule has 1 saturated heterocycles. The van der Waals surface area contributed by atoms with Gasteiger partial charge in [-0.2, -0.15) is 13.2 Å². The van der Waals surface area contributed by atoms with Gasteiger partial charge < -0.3 is 0 Å². The van der Waals surface area contributed by atoms with Crippen molar-refractivity contribution in [1.29, 1.82) is 0 Å². The van der Waals surface area contributed by atoms with Gasteiger partial charge in [0, 0.05) is 25.7 Å². The molecule has 0 bridgehead atoms. The first-order valence-electron chi connectivity index (χ1n) is 11.3. The van der Waals surface area contributed by atoms with Gasteiger partial charge in [0.25, 0.3) is 10.0 Å². The van der Waals surface area contributed by atoms with Crippen LogP contribution in [0, 0.1) is 12.7 Å². The summed E-state index contributed by atoms with van der Waals surface area (Å²) in [7, 11) is -3.96. The molecule has 3 aromatic rings. The molecule has 35 heavy (non-hydrogen) atoms. The fourth-order valence-electron chi connectivity index (χ4n) is 4.57. The molecule has 4 nitrogen and oxygen atoms in total. The van der Waals surface area contributed by atoms with E-state index >= 15 is 0 Å². The Morgan fingerprint density at radius 1 is 0.914 bits per heavy atom. The van der Waals surface area contributed by atoms with E-state index in [2.05, 4.69) is 0 Å². The fourth-order valence-corrected chi connectivity index (χ4v) is 6.51. The maximum absolute atomic E-state index is 13.8. The number of benzene rings is 3. The first-order chi connectivity index (χ1) is 16.6.